The first-order chi connectivity index (χ1) is 11.8. The topological polar surface area (TPSA) is 93.8 Å². The Morgan fingerprint density at radius 2 is 2.04 bits per heavy atom. The normalized spacial score (nSPS) is 20.3. The SMILES string of the molecule is Cc1cc2cc(C(=O)[C@H]3C[C@@H]3C(=O)OC(C)CC(=O)O)cc(Cl)c2o1. The summed E-state index contributed by atoms with van der Waals surface area (Å²) >= 11 is 6.17. The van der Waals surface area contributed by atoms with Crippen LogP contribution in [0.1, 0.15) is 35.9 Å². The van der Waals surface area contributed by atoms with Gasteiger partial charge < -0.3 is 14.3 Å². The lowest BCUT2D eigenvalue weighted by atomic mass is 10.0. The van der Waals surface area contributed by atoms with Gasteiger partial charge >= 0.3 is 11.9 Å². The van der Waals surface area contributed by atoms with Gasteiger partial charge in [0, 0.05) is 16.9 Å². The lowest BCUT2D eigenvalue weighted by molar-refractivity contribution is -0.153. The molecule has 1 heterocycles. The first kappa shape index (κ1) is 17.5. The molecule has 1 N–H and O–H groups in total. The van der Waals surface area contributed by atoms with Crippen molar-refractivity contribution in [3.8, 4) is 0 Å². The van der Waals surface area contributed by atoms with Crippen molar-refractivity contribution < 1.29 is 28.6 Å². The van der Waals surface area contributed by atoms with Crippen LogP contribution in [0.15, 0.2) is 22.6 Å². The molecule has 1 aromatic heterocycles. The van der Waals surface area contributed by atoms with Crippen LogP contribution in [-0.2, 0) is 14.3 Å². The number of aryl methyl sites for hydroxylation is 1. The molecule has 6 nitrogen and oxygen atoms in total. The Kier molecular flexibility index (Phi) is 4.56. The fourth-order valence-corrected chi connectivity index (χ4v) is 3.18. The summed E-state index contributed by atoms with van der Waals surface area (Å²) in [6, 6.07) is 5.04. The van der Waals surface area contributed by atoms with Crippen molar-refractivity contribution in [2.75, 3.05) is 0 Å². The highest BCUT2D eigenvalue weighted by atomic mass is 35.5. The van der Waals surface area contributed by atoms with Crippen LogP contribution in [0.3, 0.4) is 0 Å². The highest BCUT2D eigenvalue weighted by molar-refractivity contribution is 6.35. The van der Waals surface area contributed by atoms with E-state index < -0.39 is 29.9 Å². The zero-order valence-corrected chi connectivity index (χ0v) is 14.5. The number of esters is 1. The third-order valence-corrected chi connectivity index (χ3v) is 4.47. The quantitative estimate of drug-likeness (QED) is 0.621. The molecule has 1 aliphatic rings. The summed E-state index contributed by atoms with van der Waals surface area (Å²) in [5, 5.41) is 9.78. The third kappa shape index (κ3) is 3.69. The summed E-state index contributed by atoms with van der Waals surface area (Å²) in [5.74, 6) is -2.02. The third-order valence-electron chi connectivity index (χ3n) is 4.19. The van der Waals surface area contributed by atoms with Crippen molar-refractivity contribution in [2.24, 2.45) is 11.8 Å². The molecule has 25 heavy (non-hydrogen) atoms. The summed E-state index contributed by atoms with van der Waals surface area (Å²) in [7, 11) is 0. The van der Waals surface area contributed by atoms with E-state index in [0.29, 0.717) is 28.4 Å². The number of ketones is 1. The number of carboxylic acids is 1. The van der Waals surface area contributed by atoms with Crippen molar-refractivity contribution >= 4 is 40.3 Å². The minimum atomic E-state index is -1.04. The minimum Gasteiger partial charge on any atom is -0.481 e. The second-order valence-corrected chi connectivity index (χ2v) is 6.80. The van der Waals surface area contributed by atoms with E-state index >= 15 is 0 Å². The number of Topliss-reactive ketones (excluding diaryl/α,β-unsaturated/α-hetero) is 1. The van der Waals surface area contributed by atoms with Gasteiger partial charge in [0.15, 0.2) is 11.4 Å². The Morgan fingerprint density at radius 3 is 2.72 bits per heavy atom. The van der Waals surface area contributed by atoms with E-state index in [-0.39, 0.29) is 12.2 Å². The van der Waals surface area contributed by atoms with E-state index in [0.717, 1.165) is 5.39 Å². The smallest absolute Gasteiger partial charge is 0.309 e. The fourth-order valence-electron chi connectivity index (χ4n) is 2.91. The van der Waals surface area contributed by atoms with Gasteiger partial charge in [-0.1, -0.05) is 11.6 Å². The minimum absolute atomic E-state index is 0.171. The lowest BCUT2D eigenvalue weighted by Crippen LogP contribution is -2.20. The van der Waals surface area contributed by atoms with Gasteiger partial charge in [-0.05, 0) is 38.5 Å². The number of ether oxygens (including phenoxy) is 1. The second kappa shape index (κ2) is 6.52. The predicted molar refractivity (Wildman–Crippen MR) is 89.7 cm³/mol. The number of aliphatic carboxylic acids is 1. The molecular weight excluding hydrogens is 348 g/mol. The second-order valence-electron chi connectivity index (χ2n) is 6.39. The van der Waals surface area contributed by atoms with Gasteiger partial charge in [-0.2, -0.15) is 0 Å². The molecule has 3 rings (SSSR count). The molecule has 0 saturated heterocycles. The molecule has 1 unspecified atom stereocenters. The van der Waals surface area contributed by atoms with E-state index in [1.165, 1.54) is 6.92 Å². The van der Waals surface area contributed by atoms with Gasteiger partial charge in [-0.25, -0.2) is 0 Å². The van der Waals surface area contributed by atoms with Crippen LogP contribution in [0, 0.1) is 18.8 Å². The number of fused-ring (bicyclic) bond motifs is 1. The van der Waals surface area contributed by atoms with Crippen LogP contribution >= 0.6 is 11.6 Å². The van der Waals surface area contributed by atoms with Crippen LogP contribution in [0.25, 0.3) is 11.0 Å². The van der Waals surface area contributed by atoms with Gasteiger partial charge in [0.25, 0.3) is 0 Å². The Labute approximate surface area is 148 Å². The largest absolute Gasteiger partial charge is 0.481 e. The summed E-state index contributed by atoms with van der Waals surface area (Å²) in [6.07, 6.45) is -0.582. The molecule has 0 radical (unpaired) electrons. The molecule has 132 valence electrons. The number of carboxylic acid groups (broad SMARTS) is 1. The zero-order valence-electron chi connectivity index (χ0n) is 13.7. The number of carbonyl (C=O) groups is 3. The van der Waals surface area contributed by atoms with Crippen molar-refractivity contribution in [2.45, 2.75) is 32.8 Å². The summed E-state index contributed by atoms with van der Waals surface area (Å²) in [5.41, 5.74) is 0.960. The summed E-state index contributed by atoms with van der Waals surface area (Å²) < 4.78 is 10.6. The van der Waals surface area contributed by atoms with E-state index in [2.05, 4.69) is 0 Å². The molecule has 1 aromatic carbocycles. The Morgan fingerprint density at radius 1 is 1.32 bits per heavy atom. The maximum Gasteiger partial charge on any atom is 0.309 e. The Balaban J connectivity index is 1.69. The average molecular weight is 365 g/mol. The molecule has 7 heteroatoms. The average Bonchev–Trinajstić information content (AvgIpc) is 3.21. The molecule has 1 saturated carbocycles. The van der Waals surface area contributed by atoms with Gasteiger partial charge in [0.05, 0.1) is 17.4 Å². The van der Waals surface area contributed by atoms with Crippen LogP contribution < -0.4 is 0 Å². The molecule has 0 bridgehead atoms. The van der Waals surface area contributed by atoms with Crippen molar-refractivity contribution in [3.05, 3.63) is 34.5 Å². The molecule has 0 amide bonds. The van der Waals surface area contributed by atoms with Crippen LogP contribution in [-0.4, -0.2) is 28.9 Å². The monoisotopic (exact) mass is 364 g/mol. The highest BCUT2D eigenvalue weighted by Gasteiger charge is 2.49. The number of furan rings is 1. The first-order valence-corrected chi connectivity index (χ1v) is 8.30. The maximum atomic E-state index is 12.6. The van der Waals surface area contributed by atoms with Gasteiger partial charge in [-0.15, -0.1) is 0 Å². The number of halogens is 1. The standard InChI is InChI=1S/C18H17ClO6/c1-8-3-11-5-10(6-14(19)17(11)24-8)16(22)12-7-13(12)18(23)25-9(2)4-15(20)21/h3,5-6,9,12-13H,4,7H2,1-2H3,(H,20,21)/t9?,12-,13-/m0/s1. The molecule has 3 atom stereocenters. The van der Waals surface area contributed by atoms with E-state index in [1.807, 2.05) is 0 Å². The molecule has 1 aliphatic carbocycles. The number of benzene rings is 1. The molecule has 2 aromatic rings. The Bertz CT molecular complexity index is 868. The number of rotatable bonds is 6. The number of carbonyl (C=O) groups excluding carboxylic acids is 2. The molecule has 0 aliphatic heterocycles. The molecule has 1 fully saturated rings. The van der Waals surface area contributed by atoms with E-state index in [9.17, 15) is 14.4 Å². The maximum absolute atomic E-state index is 12.6. The summed E-state index contributed by atoms with van der Waals surface area (Å²) in [4.78, 5) is 35.2. The van der Waals surface area contributed by atoms with E-state index in [4.69, 9.17) is 25.9 Å². The predicted octanol–water partition coefficient (Wildman–Crippen LogP) is 3.62. The van der Waals surface area contributed by atoms with Crippen LogP contribution in [0.5, 0.6) is 0 Å². The summed E-state index contributed by atoms with van der Waals surface area (Å²) in [6.45, 7) is 3.31. The lowest BCUT2D eigenvalue weighted by Gasteiger charge is -2.10. The van der Waals surface area contributed by atoms with Gasteiger partial charge in [0.1, 0.15) is 11.9 Å². The van der Waals surface area contributed by atoms with Gasteiger partial charge in [-0.3, -0.25) is 14.4 Å². The number of hydrogen-bond donors (Lipinski definition) is 1. The van der Waals surface area contributed by atoms with Crippen molar-refractivity contribution in [3.63, 3.8) is 0 Å². The van der Waals surface area contributed by atoms with Crippen LogP contribution in [0.4, 0.5) is 0 Å². The van der Waals surface area contributed by atoms with E-state index in [1.54, 1.807) is 25.1 Å². The Hall–Kier alpha value is -2.34. The zero-order chi connectivity index (χ0) is 18.3. The molecular formula is C18H17ClO6. The van der Waals surface area contributed by atoms with Crippen molar-refractivity contribution in [1.82, 2.24) is 0 Å². The van der Waals surface area contributed by atoms with Crippen molar-refractivity contribution in [1.29, 1.82) is 0 Å². The number of hydrogen-bond acceptors (Lipinski definition) is 5. The van der Waals surface area contributed by atoms with Crippen LogP contribution in [0.2, 0.25) is 5.02 Å². The first-order valence-electron chi connectivity index (χ1n) is 7.92. The van der Waals surface area contributed by atoms with Gasteiger partial charge in [0.2, 0.25) is 0 Å². The highest BCUT2D eigenvalue weighted by Crippen LogP contribution is 2.43. The molecule has 0 spiro atoms. The fraction of sp³-hybridized carbons (Fsp3) is 0.389.